The largest absolute Gasteiger partial charge is 0.507 e. The highest BCUT2D eigenvalue weighted by atomic mass is 19.1. The Morgan fingerprint density at radius 2 is 1.70 bits per heavy atom. The van der Waals surface area contributed by atoms with Crippen LogP contribution < -0.4 is 20.9 Å². The summed E-state index contributed by atoms with van der Waals surface area (Å²) in [6.07, 6.45) is 6.97. The third-order valence-corrected chi connectivity index (χ3v) is 13.7. The fourth-order valence-corrected chi connectivity index (χ4v) is 10.1. The molecule has 4 amide bonds. The first-order chi connectivity index (χ1) is 30.5. The molecule has 4 saturated heterocycles. The van der Waals surface area contributed by atoms with Gasteiger partial charge in [0.15, 0.2) is 5.82 Å². The smallest absolute Gasteiger partial charge is 0.328 e. The fraction of sp³-hybridized carbons (Fsp3) is 0.438. The number of hydrogen-bond donors (Lipinski definition) is 3. The molecule has 4 aliphatic heterocycles. The Morgan fingerprint density at radius 1 is 0.937 bits per heavy atom. The van der Waals surface area contributed by atoms with E-state index in [1.54, 1.807) is 28.0 Å². The standard InChI is InChI=1S/C48H54FN9O5/c1-30-26-56(41-25-39(52-53-45(41)50)36-4-2-3-5-42(36)59)28-43(63-30)32-8-10-33(11-9-32)46(61)55-22-17-48(49,18-23-55)29-54-19-14-34(15-20-54)58-27-38(31-6-7-31)37-24-35(12-13-40(37)58)57-21-16-44(60)51-47(57)62/h2-5,8-13,24-25,27,30-31,34,43,59H,6-7,14-23,26,28-29H2,1H3,(H2,50,53)(H,51,60,62)/t30-,43-/m0/s1. The predicted molar refractivity (Wildman–Crippen MR) is 239 cm³/mol. The number of phenolic OH excluding ortho intramolecular Hbond substituents is 1. The van der Waals surface area contributed by atoms with Crippen LogP contribution in [0, 0.1) is 0 Å². The maximum atomic E-state index is 16.5. The quantitative estimate of drug-likeness (QED) is 0.141. The first-order valence-electron chi connectivity index (χ1n) is 22.4. The van der Waals surface area contributed by atoms with Gasteiger partial charge in [-0.3, -0.25) is 19.8 Å². The molecule has 2 aromatic heterocycles. The van der Waals surface area contributed by atoms with E-state index in [4.69, 9.17) is 10.5 Å². The number of nitrogen functional groups attached to an aromatic ring is 1. The van der Waals surface area contributed by atoms with Gasteiger partial charge in [0.25, 0.3) is 5.91 Å². The summed E-state index contributed by atoms with van der Waals surface area (Å²) in [7, 11) is 0. The van der Waals surface area contributed by atoms with Crippen LogP contribution in [0.2, 0.25) is 0 Å². The number of nitrogens with zero attached hydrogens (tertiary/aromatic N) is 7. The van der Waals surface area contributed by atoms with E-state index in [-0.39, 0.29) is 42.2 Å². The Bertz CT molecular complexity index is 2550. The Morgan fingerprint density at radius 3 is 2.43 bits per heavy atom. The van der Waals surface area contributed by atoms with E-state index < -0.39 is 5.67 Å². The molecule has 0 radical (unpaired) electrons. The van der Waals surface area contributed by atoms with Crippen LogP contribution in [0.1, 0.15) is 91.4 Å². The van der Waals surface area contributed by atoms with Crippen molar-refractivity contribution in [3.63, 3.8) is 0 Å². The number of amides is 4. The highest BCUT2D eigenvalue weighted by Gasteiger charge is 2.39. The molecular formula is C48H54FN9O5. The Balaban J connectivity index is 0.733. The number of para-hydroxylation sites is 1. The van der Waals surface area contributed by atoms with Crippen LogP contribution in [-0.4, -0.2) is 112 Å². The second-order valence-corrected chi connectivity index (χ2v) is 18.2. The van der Waals surface area contributed by atoms with Crippen molar-refractivity contribution in [3.05, 3.63) is 95.7 Å². The van der Waals surface area contributed by atoms with Gasteiger partial charge in [0.1, 0.15) is 17.5 Å². The van der Waals surface area contributed by atoms with E-state index in [1.165, 1.54) is 10.9 Å². The third-order valence-electron chi connectivity index (χ3n) is 13.7. The summed E-state index contributed by atoms with van der Waals surface area (Å²) in [5.74, 6) is 0.599. The minimum Gasteiger partial charge on any atom is -0.507 e. The molecule has 0 spiro atoms. The molecule has 1 saturated carbocycles. The molecule has 10 rings (SSSR count). The molecule has 3 aromatic carbocycles. The van der Waals surface area contributed by atoms with Gasteiger partial charge in [0.2, 0.25) is 5.91 Å². The summed E-state index contributed by atoms with van der Waals surface area (Å²) in [6.45, 7) is 6.19. The van der Waals surface area contributed by atoms with Gasteiger partial charge in [-0.15, -0.1) is 10.2 Å². The van der Waals surface area contributed by atoms with Crippen LogP contribution >= 0.6 is 0 Å². The molecule has 6 heterocycles. The number of nitrogens with two attached hydrogens (primary N) is 1. The van der Waals surface area contributed by atoms with Gasteiger partial charge in [-0.2, -0.15) is 0 Å². The van der Waals surface area contributed by atoms with Gasteiger partial charge in [-0.25, -0.2) is 9.18 Å². The average Bonchev–Trinajstić information content (AvgIpc) is 4.06. The maximum absolute atomic E-state index is 16.5. The number of alkyl halides is 1. The number of aromatic nitrogens is 3. The third kappa shape index (κ3) is 8.31. The predicted octanol–water partition coefficient (Wildman–Crippen LogP) is 6.96. The van der Waals surface area contributed by atoms with Crippen molar-refractivity contribution >= 4 is 45.9 Å². The summed E-state index contributed by atoms with van der Waals surface area (Å²) in [6, 6.07) is 22.5. The first-order valence-corrected chi connectivity index (χ1v) is 22.4. The van der Waals surface area contributed by atoms with Crippen LogP contribution in [0.4, 0.5) is 26.4 Å². The van der Waals surface area contributed by atoms with Gasteiger partial charge in [-0.05, 0) is 98.2 Å². The molecule has 14 nitrogen and oxygen atoms in total. The van der Waals surface area contributed by atoms with Crippen molar-refractivity contribution in [2.75, 3.05) is 67.9 Å². The number of halogens is 1. The molecule has 0 bridgehead atoms. The molecule has 15 heteroatoms. The number of benzene rings is 3. The van der Waals surface area contributed by atoms with E-state index in [1.807, 2.05) is 49.4 Å². The van der Waals surface area contributed by atoms with E-state index in [0.29, 0.717) is 92.4 Å². The molecule has 0 unspecified atom stereocenters. The van der Waals surface area contributed by atoms with Gasteiger partial charge >= 0.3 is 6.03 Å². The lowest BCUT2D eigenvalue weighted by Crippen LogP contribution is -2.51. The van der Waals surface area contributed by atoms with Crippen LogP contribution in [0.3, 0.4) is 0 Å². The molecule has 63 heavy (non-hydrogen) atoms. The number of urea groups is 1. The zero-order chi connectivity index (χ0) is 43.4. The molecule has 5 aromatic rings. The number of ether oxygens (including phenoxy) is 1. The number of hydrogen-bond acceptors (Lipinski definition) is 10. The lowest BCUT2D eigenvalue weighted by atomic mass is 9.91. The zero-order valence-electron chi connectivity index (χ0n) is 35.6. The Kier molecular flexibility index (Phi) is 10.8. The lowest BCUT2D eigenvalue weighted by molar-refractivity contribution is -0.120. The second-order valence-electron chi connectivity index (χ2n) is 18.2. The highest BCUT2D eigenvalue weighted by Crippen LogP contribution is 2.46. The minimum absolute atomic E-state index is 0.0952. The molecule has 4 N–H and O–H groups in total. The van der Waals surface area contributed by atoms with Crippen molar-refractivity contribution in [2.45, 2.75) is 81.7 Å². The molecule has 328 valence electrons. The highest BCUT2D eigenvalue weighted by molar-refractivity contribution is 6.06. The van der Waals surface area contributed by atoms with Crippen LogP contribution in [0.25, 0.3) is 22.2 Å². The van der Waals surface area contributed by atoms with E-state index >= 15 is 4.39 Å². The number of likely N-dealkylation sites (tertiary alicyclic amines) is 2. The van der Waals surface area contributed by atoms with Gasteiger partial charge in [0, 0.05) is 112 Å². The van der Waals surface area contributed by atoms with Gasteiger partial charge in [-0.1, -0.05) is 24.3 Å². The summed E-state index contributed by atoms with van der Waals surface area (Å²) >= 11 is 0. The van der Waals surface area contributed by atoms with E-state index in [2.05, 4.69) is 48.2 Å². The zero-order valence-corrected chi connectivity index (χ0v) is 35.6. The summed E-state index contributed by atoms with van der Waals surface area (Å²) < 4.78 is 25.3. The first kappa shape index (κ1) is 41.0. The topological polar surface area (TPSA) is 162 Å². The van der Waals surface area contributed by atoms with Crippen molar-refractivity contribution in [2.24, 2.45) is 0 Å². The number of carbonyl (C=O) groups excluding carboxylic acids is 3. The number of imide groups is 1. The van der Waals surface area contributed by atoms with Gasteiger partial charge < -0.3 is 34.8 Å². The molecule has 2 atom stereocenters. The number of phenols is 1. The maximum Gasteiger partial charge on any atom is 0.328 e. The van der Waals surface area contributed by atoms with E-state index in [0.717, 1.165) is 55.5 Å². The number of morpholine rings is 1. The number of fused-ring (bicyclic) bond motifs is 1. The van der Waals surface area contributed by atoms with Crippen LogP contribution in [0.15, 0.2) is 79.0 Å². The van der Waals surface area contributed by atoms with E-state index in [9.17, 15) is 19.5 Å². The Hall–Kier alpha value is -6.06. The van der Waals surface area contributed by atoms with Crippen molar-refractivity contribution in [1.82, 2.24) is 29.9 Å². The molecular weight excluding hydrogens is 802 g/mol. The van der Waals surface area contributed by atoms with Gasteiger partial charge in [0.05, 0.1) is 17.5 Å². The number of rotatable bonds is 9. The lowest BCUT2D eigenvalue weighted by Gasteiger charge is -2.41. The minimum atomic E-state index is -1.36. The van der Waals surface area contributed by atoms with Crippen molar-refractivity contribution in [3.8, 4) is 17.0 Å². The number of nitrogens with one attached hydrogen (secondary N) is 1. The number of anilines is 3. The SMILES string of the molecule is C[C@H]1CN(c2cc(-c3ccccc3O)nnc2N)C[C@@H](c2ccc(C(=O)N3CCC(F)(CN4CCC(n5cc(C6CC6)c6cc(N7CCC(=O)NC7=O)ccc65)CC4)CC3)cc2)O1. The second kappa shape index (κ2) is 16.6. The van der Waals surface area contributed by atoms with Crippen molar-refractivity contribution < 1.29 is 28.6 Å². The summed E-state index contributed by atoms with van der Waals surface area (Å²) in [4.78, 5) is 45.9. The molecule has 5 fully saturated rings. The average molecular weight is 856 g/mol. The fourth-order valence-electron chi connectivity index (χ4n) is 10.1. The normalized spacial score (nSPS) is 22.4. The summed E-state index contributed by atoms with van der Waals surface area (Å²) in [5.41, 5.74) is 11.6. The Labute approximate surface area is 365 Å². The monoisotopic (exact) mass is 855 g/mol. The molecule has 5 aliphatic rings. The van der Waals surface area contributed by atoms with Crippen molar-refractivity contribution in [1.29, 1.82) is 0 Å². The van der Waals surface area contributed by atoms with Crippen LogP contribution in [-0.2, 0) is 9.53 Å². The number of piperidine rings is 2. The summed E-state index contributed by atoms with van der Waals surface area (Å²) in [5, 5.41) is 22.5. The van der Waals surface area contributed by atoms with Crippen LogP contribution in [0.5, 0.6) is 5.75 Å². The number of carbonyl (C=O) groups is 3. The number of aromatic hydroxyl groups is 1. The molecule has 1 aliphatic carbocycles.